The monoisotopic (exact) mass is 263 g/mol. The first-order valence-corrected chi connectivity index (χ1v) is 6.00. The van der Waals surface area contributed by atoms with Gasteiger partial charge in [-0.05, 0) is 18.2 Å². The summed E-state index contributed by atoms with van der Waals surface area (Å²) in [6.45, 7) is 0.280. The van der Waals surface area contributed by atoms with Crippen molar-refractivity contribution < 1.29 is 14.6 Å². The normalized spacial score (nSPS) is 12.5. The fourth-order valence-corrected chi connectivity index (χ4v) is 1.85. The van der Waals surface area contributed by atoms with Crippen molar-refractivity contribution in [3.63, 3.8) is 0 Å². The Labute approximate surface area is 110 Å². The number of carbonyl (C=O) groups is 1. The highest BCUT2D eigenvalue weighted by Crippen LogP contribution is 2.26. The van der Waals surface area contributed by atoms with Gasteiger partial charge in [-0.25, -0.2) is 0 Å². The number of nitrogens with one attached hydrogen (secondary N) is 1. The van der Waals surface area contributed by atoms with Crippen molar-refractivity contribution in [2.75, 3.05) is 13.2 Å². The van der Waals surface area contributed by atoms with Gasteiger partial charge in [-0.2, -0.15) is 0 Å². The van der Waals surface area contributed by atoms with Crippen LogP contribution in [0.1, 0.15) is 5.69 Å². The largest absolute Gasteiger partial charge is 0.490 e. The van der Waals surface area contributed by atoms with E-state index in [4.69, 9.17) is 16.2 Å². The molecule has 0 saturated heterocycles. The van der Waals surface area contributed by atoms with Crippen molar-refractivity contribution in [3.8, 4) is 5.75 Å². The zero-order chi connectivity index (χ0) is 13.8. The second kappa shape index (κ2) is 5.73. The number of hydrogen-bond donors (Lipinski definition) is 4. The highest BCUT2D eigenvalue weighted by Gasteiger charge is 2.09. The minimum Gasteiger partial charge on any atom is -0.490 e. The average molecular weight is 263 g/mol. The summed E-state index contributed by atoms with van der Waals surface area (Å²) in [7, 11) is 0. The van der Waals surface area contributed by atoms with Crippen molar-refractivity contribution in [1.29, 1.82) is 0 Å². The van der Waals surface area contributed by atoms with E-state index in [-0.39, 0.29) is 19.6 Å². The van der Waals surface area contributed by atoms with Gasteiger partial charge in [-0.3, -0.25) is 4.79 Å². The van der Waals surface area contributed by atoms with Gasteiger partial charge in [0.1, 0.15) is 18.5 Å². The van der Waals surface area contributed by atoms with E-state index >= 15 is 0 Å². The maximum Gasteiger partial charge on any atom is 0.223 e. The van der Waals surface area contributed by atoms with E-state index in [0.717, 1.165) is 16.6 Å². The number of H-pyrrole nitrogens is 1. The molecule has 19 heavy (non-hydrogen) atoms. The number of fused-ring (bicyclic) bond motifs is 1. The van der Waals surface area contributed by atoms with Crippen LogP contribution in [-0.2, 0) is 11.2 Å². The van der Waals surface area contributed by atoms with Crippen LogP contribution < -0.4 is 16.2 Å². The summed E-state index contributed by atoms with van der Waals surface area (Å²) in [6.07, 6.45) is -0.543. The topological polar surface area (TPSA) is 114 Å². The Balaban J connectivity index is 2.23. The maximum atomic E-state index is 10.9. The van der Waals surface area contributed by atoms with Gasteiger partial charge >= 0.3 is 0 Å². The van der Waals surface area contributed by atoms with Crippen molar-refractivity contribution >= 4 is 16.8 Å². The number of primary amides is 1. The number of carbonyl (C=O) groups excluding carboxylic acids is 1. The lowest BCUT2D eigenvalue weighted by atomic mass is 10.2. The van der Waals surface area contributed by atoms with Gasteiger partial charge in [-0.1, -0.05) is 6.07 Å². The molecule has 0 radical (unpaired) electrons. The maximum absolute atomic E-state index is 10.9. The molecule has 1 amide bonds. The number of aromatic nitrogens is 1. The number of nitrogens with two attached hydrogens (primary N) is 2. The van der Waals surface area contributed by atoms with Crippen LogP contribution in [0.2, 0.25) is 0 Å². The quantitative estimate of drug-likeness (QED) is 0.582. The lowest BCUT2D eigenvalue weighted by Crippen LogP contribution is -2.26. The number of rotatable bonds is 6. The molecular formula is C13H17N3O3. The molecule has 0 bridgehead atoms. The predicted octanol–water partition coefficient (Wildman–Crippen LogP) is -0.106. The van der Waals surface area contributed by atoms with Gasteiger partial charge in [0.15, 0.2) is 0 Å². The van der Waals surface area contributed by atoms with Crippen molar-refractivity contribution in [2.24, 2.45) is 11.5 Å². The molecule has 0 aliphatic rings. The summed E-state index contributed by atoms with van der Waals surface area (Å²) < 4.78 is 5.52. The third-order valence-corrected chi connectivity index (χ3v) is 2.75. The first-order valence-electron chi connectivity index (χ1n) is 6.00. The molecule has 0 aliphatic carbocycles. The zero-order valence-corrected chi connectivity index (χ0v) is 10.4. The Kier molecular flexibility index (Phi) is 4.03. The summed E-state index contributed by atoms with van der Waals surface area (Å²) in [4.78, 5) is 14.0. The van der Waals surface area contributed by atoms with Gasteiger partial charge in [0.25, 0.3) is 0 Å². The average Bonchev–Trinajstić information content (AvgIpc) is 2.77. The second-order valence-corrected chi connectivity index (χ2v) is 4.36. The fourth-order valence-electron chi connectivity index (χ4n) is 1.85. The van der Waals surface area contributed by atoms with E-state index in [2.05, 4.69) is 4.98 Å². The lowest BCUT2D eigenvalue weighted by molar-refractivity contribution is -0.117. The number of amides is 1. The minimum atomic E-state index is -0.695. The van der Waals surface area contributed by atoms with Gasteiger partial charge in [0.2, 0.25) is 5.91 Å². The molecule has 1 unspecified atom stereocenters. The van der Waals surface area contributed by atoms with Crippen molar-refractivity contribution in [1.82, 2.24) is 4.98 Å². The third kappa shape index (κ3) is 3.24. The van der Waals surface area contributed by atoms with E-state index < -0.39 is 12.0 Å². The van der Waals surface area contributed by atoms with Crippen LogP contribution >= 0.6 is 0 Å². The Morgan fingerprint density at radius 1 is 1.47 bits per heavy atom. The number of ether oxygens (including phenoxy) is 1. The summed E-state index contributed by atoms with van der Waals surface area (Å²) in [6, 6.07) is 7.33. The molecule has 1 heterocycles. The summed E-state index contributed by atoms with van der Waals surface area (Å²) in [5, 5.41) is 10.2. The Hall–Kier alpha value is -2.05. The number of aliphatic hydroxyl groups excluding tert-OH is 1. The van der Waals surface area contributed by atoms with Gasteiger partial charge < -0.3 is 26.3 Å². The van der Waals surface area contributed by atoms with Crippen LogP contribution in [-0.4, -0.2) is 35.3 Å². The highest BCUT2D eigenvalue weighted by molar-refractivity contribution is 5.88. The number of aromatic amines is 1. The zero-order valence-electron chi connectivity index (χ0n) is 10.4. The SMILES string of the molecule is NCC(O)COc1cccc2[nH]c(CC(N)=O)cc12. The molecule has 2 rings (SSSR count). The standard InChI is InChI=1S/C13H17N3O3/c14-6-9(17)7-19-12-3-1-2-11-10(12)4-8(16-11)5-13(15)18/h1-4,9,16-17H,5-7,14H2,(H2,15,18). The summed E-state index contributed by atoms with van der Waals surface area (Å²) in [5.41, 5.74) is 12.1. The Morgan fingerprint density at radius 2 is 2.26 bits per heavy atom. The lowest BCUT2D eigenvalue weighted by Gasteiger charge is -2.10. The van der Waals surface area contributed by atoms with Gasteiger partial charge in [0.05, 0.1) is 6.42 Å². The van der Waals surface area contributed by atoms with E-state index in [0.29, 0.717) is 5.75 Å². The second-order valence-electron chi connectivity index (χ2n) is 4.36. The first-order chi connectivity index (χ1) is 9.10. The summed E-state index contributed by atoms with van der Waals surface area (Å²) >= 11 is 0. The van der Waals surface area contributed by atoms with Crippen LogP contribution in [0.25, 0.3) is 10.9 Å². The molecule has 0 aliphatic heterocycles. The molecular weight excluding hydrogens is 246 g/mol. The fraction of sp³-hybridized carbons (Fsp3) is 0.308. The highest BCUT2D eigenvalue weighted by atomic mass is 16.5. The molecule has 6 nitrogen and oxygen atoms in total. The molecule has 102 valence electrons. The first kappa shape index (κ1) is 13.4. The van der Waals surface area contributed by atoms with Crippen LogP contribution in [0.4, 0.5) is 0 Å². The smallest absolute Gasteiger partial charge is 0.223 e. The van der Waals surface area contributed by atoms with Gasteiger partial charge in [0, 0.05) is 23.1 Å². The molecule has 2 aromatic rings. The number of hydrogen-bond acceptors (Lipinski definition) is 4. The Morgan fingerprint density at radius 3 is 2.95 bits per heavy atom. The summed E-state index contributed by atoms with van der Waals surface area (Å²) in [5.74, 6) is 0.240. The molecule has 0 fully saturated rings. The molecule has 1 atom stereocenters. The third-order valence-electron chi connectivity index (χ3n) is 2.75. The van der Waals surface area contributed by atoms with Crippen molar-refractivity contribution in [3.05, 3.63) is 30.0 Å². The minimum absolute atomic E-state index is 0.131. The van der Waals surface area contributed by atoms with Gasteiger partial charge in [-0.15, -0.1) is 0 Å². The molecule has 0 saturated carbocycles. The van der Waals surface area contributed by atoms with E-state index in [1.807, 2.05) is 18.2 Å². The van der Waals surface area contributed by atoms with E-state index in [1.165, 1.54) is 0 Å². The van der Waals surface area contributed by atoms with Crippen molar-refractivity contribution in [2.45, 2.75) is 12.5 Å². The predicted molar refractivity (Wildman–Crippen MR) is 71.8 cm³/mol. The Bertz CT molecular complexity index is 580. The number of aliphatic hydroxyl groups is 1. The van der Waals surface area contributed by atoms with E-state index in [9.17, 15) is 9.90 Å². The van der Waals surface area contributed by atoms with Crippen LogP contribution in [0.5, 0.6) is 5.75 Å². The molecule has 1 aromatic heterocycles. The van der Waals surface area contributed by atoms with Crippen LogP contribution in [0, 0.1) is 0 Å². The molecule has 6 N–H and O–H groups in total. The number of benzene rings is 1. The molecule has 0 spiro atoms. The van der Waals surface area contributed by atoms with Crippen LogP contribution in [0.3, 0.4) is 0 Å². The molecule has 1 aromatic carbocycles. The van der Waals surface area contributed by atoms with Crippen LogP contribution in [0.15, 0.2) is 24.3 Å². The van der Waals surface area contributed by atoms with E-state index in [1.54, 1.807) is 6.07 Å². The molecule has 6 heteroatoms.